The van der Waals surface area contributed by atoms with Crippen LogP contribution in [0.25, 0.3) is 10.2 Å². The van der Waals surface area contributed by atoms with Crippen LogP contribution in [0.5, 0.6) is 0 Å². The average Bonchev–Trinajstić information content (AvgIpc) is 3.03. The van der Waals surface area contributed by atoms with Crippen LogP contribution >= 0.6 is 22.9 Å². The first-order valence-electron chi connectivity index (χ1n) is 8.15. The Morgan fingerprint density at radius 1 is 1.56 bits per heavy atom. The Labute approximate surface area is 155 Å². The highest BCUT2D eigenvalue weighted by Gasteiger charge is 2.23. The third kappa shape index (κ3) is 3.97. The summed E-state index contributed by atoms with van der Waals surface area (Å²) < 4.78 is 0.851. The standard InChI is InChI=1S/C17H19ClN6S/c1-10(20)6-11(2)22-16-15-14(13(18)8-21-16)23-17(25-15)24-5-3-4-12(7-19)9-24/h8,12,20H,3-6,9H2,1-2H3. The lowest BCUT2D eigenvalue weighted by Crippen LogP contribution is -2.34. The topological polar surface area (TPSA) is 89.0 Å². The summed E-state index contributed by atoms with van der Waals surface area (Å²) in [6.45, 7) is 5.25. The lowest BCUT2D eigenvalue weighted by molar-refractivity contribution is 0.493. The minimum Gasteiger partial charge on any atom is -0.347 e. The Morgan fingerprint density at radius 2 is 2.36 bits per heavy atom. The van der Waals surface area contributed by atoms with Crippen molar-refractivity contribution in [2.24, 2.45) is 10.9 Å². The Kier molecular flexibility index (Phi) is 5.30. The maximum absolute atomic E-state index is 9.19. The molecule has 0 bridgehead atoms. The van der Waals surface area contributed by atoms with E-state index in [-0.39, 0.29) is 5.92 Å². The van der Waals surface area contributed by atoms with Gasteiger partial charge in [0, 0.05) is 30.9 Å². The molecule has 1 aliphatic heterocycles. The van der Waals surface area contributed by atoms with Gasteiger partial charge in [-0.15, -0.1) is 0 Å². The molecule has 2 aromatic heterocycles. The van der Waals surface area contributed by atoms with Gasteiger partial charge in [0.25, 0.3) is 0 Å². The molecule has 1 aliphatic rings. The Morgan fingerprint density at radius 3 is 3.08 bits per heavy atom. The molecule has 0 amide bonds. The molecular formula is C17H19ClN6S. The van der Waals surface area contributed by atoms with Crippen LogP contribution in [0.2, 0.25) is 5.02 Å². The highest BCUT2D eigenvalue weighted by molar-refractivity contribution is 7.22. The Hall–Kier alpha value is -2.04. The van der Waals surface area contributed by atoms with E-state index in [1.165, 1.54) is 11.3 Å². The number of rotatable bonds is 4. The summed E-state index contributed by atoms with van der Waals surface area (Å²) in [4.78, 5) is 15.8. The summed E-state index contributed by atoms with van der Waals surface area (Å²) in [6.07, 6.45) is 4.03. The van der Waals surface area contributed by atoms with Crippen LogP contribution < -0.4 is 4.90 Å². The van der Waals surface area contributed by atoms with Crippen LogP contribution in [0.4, 0.5) is 10.9 Å². The van der Waals surface area contributed by atoms with Crippen LogP contribution in [0.15, 0.2) is 11.2 Å². The van der Waals surface area contributed by atoms with Crippen molar-refractivity contribution in [2.45, 2.75) is 33.1 Å². The lowest BCUT2D eigenvalue weighted by Gasteiger charge is -2.28. The van der Waals surface area contributed by atoms with Crippen LogP contribution in [0, 0.1) is 22.7 Å². The molecule has 0 radical (unpaired) electrons. The maximum atomic E-state index is 9.19. The van der Waals surface area contributed by atoms with Crippen molar-refractivity contribution in [3.05, 3.63) is 11.2 Å². The van der Waals surface area contributed by atoms with Gasteiger partial charge in [-0.05, 0) is 26.7 Å². The normalized spacial score (nSPS) is 18.4. The van der Waals surface area contributed by atoms with Crippen molar-refractivity contribution in [2.75, 3.05) is 18.0 Å². The van der Waals surface area contributed by atoms with Crippen LogP contribution in [-0.2, 0) is 0 Å². The van der Waals surface area contributed by atoms with Gasteiger partial charge in [0.15, 0.2) is 10.9 Å². The number of hydrogen-bond donors (Lipinski definition) is 1. The van der Waals surface area contributed by atoms with Crippen LogP contribution in [0.3, 0.4) is 0 Å². The number of hydrogen-bond acceptors (Lipinski definition) is 7. The van der Waals surface area contributed by atoms with Gasteiger partial charge in [-0.25, -0.2) is 15.0 Å². The monoisotopic (exact) mass is 374 g/mol. The minimum absolute atomic E-state index is 0.0460. The first kappa shape index (κ1) is 17.8. The van der Waals surface area contributed by atoms with Gasteiger partial charge < -0.3 is 10.3 Å². The zero-order valence-electron chi connectivity index (χ0n) is 14.2. The molecule has 0 spiro atoms. The third-order valence-corrected chi connectivity index (χ3v) is 5.43. The van der Waals surface area contributed by atoms with Gasteiger partial charge in [-0.1, -0.05) is 22.9 Å². The van der Waals surface area contributed by atoms with Crippen LogP contribution in [0.1, 0.15) is 33.1 Å². The fourth-order valence-corrected chi connectivity index (χ4v) is 4.23. The van der Waals surface area contributed by atoms with Gasteiger partial charge in [-0.3, -0.25) is 0 Å². The molecule has 2 aromatic rings. The van der Waals surface area contributed by atoms with E-state index in [2.05, 4.69) is 25.9 Å². The summed E-state index contributed by atoms with van der Waals surface area (Å²) in [5.74, 6) is 0.639. The molecule has 1 saturated heterocycles. The van der Waals surface area contributed by atoms with E-state index < -0.39 is 0 Å². The molecule has 1 fully saturated rings. The first-order valence-corrected chi connectivity index (χ1v) is 9.35. The molecular weight excluding hydrogens is 356 g/mol. The van der Waals surface area contributed by atoms with Crippen molar-refractivity contribution in [3.8, 4) is 6.07 Å². The highest BCUT2D eigenvalue weighted by Crippen LogP contribution is 2.38. The number of aliphatic imine (C=N–C) groups is 1. The average molecular weight is 375 g/mol. The van der Waals surface area contributed by atoms with E-state index in [0.29, 0.717) is 35.0 Å². The number of fused-ring (bicyclic) bond motifs is 1. The molecule has 1 N–H and O–H groups in total. The molecule has 0 aromatic carbocycles. The predicted molar refractivity (Wildman–Crippen MR) is 104 cm³/mol. The number of aromatic nitrogens is 2. The third-order valence-electron chi connectivity index (χ3n) is 4.04. The molecule has 0 aliphatic carbocycles. The zero-order chi connectivity index (χ0) is 18.0. The van der Waals surface area contributed by atoms with Gasteiger partial charge in [-0.2, -0.15) is 5.26 Å². The van der Waals surface area contributed by atoms with E-state index >= 15 is 0 Å². The number of piperidine rings is 1. The van der Waals surface area contributed by atoms with Gasteiger partial charge >= 0.3 is 0 Å². The predicted octanol–water partition coefficient (Wildman–Crippen LogP) is 4.61. The quantitative estimate of drug-likeness (QED) is 0.791. The lowest BCUT2D eigenvalue weighted by atomic mass is 10.0. The smallest absolute Gasteiger partial charge is 0.186 e. The number of halogens is 1. The molecule has 1 unspecified atom stereocenters. The summed E-state index contributed by atoms with van der Waals surface area (Å²) >= 11 is 7.80. The van der Waals surface area contributed by atoms with E-state index in [1.807, 2.05) is 6.92 Å². The molecule has 130 valence electrons. The molecule has 3 heterocycles. The Bertz CT molecular complexity index is 881. The second-order valence-electron chi connectivity index (χ2n) is 6.32. The summed E-state index contributed by atoms with van der Waals surface area (Å²) in [6, 6.07) is 2.36. The van der Waals surface area contributed by atoms with E-state index in [0.717, 1.165) is 34.9 Å². The van der Waals surface area contributed by atoms with Crippen molar-refractivity contribution >= 4 is 55.5 Å². The van der Waals surface area contributed by atoms with Crippen molar-refractivity contribution < 1.29 is 0 Å². The van der Waals surface area contributed by atoms with E-state index in [4.69, 9.17) is 17.0 Å². The van der Waals surface area contributed by atoms with Crippen LogP contribution in [-0.4, -0.2) is 34.5 Å². The fraction of sp³-hybridized carbons (Fsp3) is 0.471. The molecule has 3 rings (SSSR count). The van der Waals surface area contributed by atoms with E-state index in [9.17, 15) is 5.26 Å². The zero-order valence-corrected chi connectivity index (χ0v) is 15.8. The summed E-state index contributed by atoms with van der Waals surface area (Å²) in [5.41, 5.74) is 2.10. The SMILES string of the molecule is CC(=N)CC(C)=Nc1ncc(Cl)c2nc(N3CCCC(C#N)C3)sc12. The number of nitrogens with one attached hydrogen (secondary N) is 1. The summed E-state index contributed by atoms with van der Waals surface area (Å²) in [7, 11) is 0. The molecule has 0 saturated carbocycles. The van der Waals surface area contributed by atoms with E-state index in [1.54, 1.807) is 13.1 Å². The van der Waals surface area contributed by atoms with Gasteiger partial charge in [0.2, 0.25) is 0 Å². The van der Waals surface area contributed by atoms with Crippen molar-refractivity contribution in [1.29, 1.82) is 10.7 Å². The number of nitrogens with zero attached hydrogens (tertiary/aromatic N) is 5. The van der Waals surface area contributed by atoms with Gasteiger partial charge in [0.05, 0.1) is 23.2 Å². The molecule has 8 heteroatoms. The first-order chi connectivity index (χ1) is 12.0. The second kappa shape index (κ2) is 7.46. The van der Waals surface area contributed by atoms with Crippen molar-refractivity contribution in [1.82, 2.24) is 9.97 Å². The highest BCUT2D eigenvalue weighted by atomic mass is 35.5. The number of thiazole rings is 1. The minimum atomic E-state index is 0.0460. The number of anilines is 1. The van der Waals surface area contributed by atoms with Crippen molar-refractivity contribution in [3.63, 3.8) is 0 Å². The Balaban J connectivity index is 1.99. The number of pyridine rings is 1. The maximum Gasteiger partial charge on any atom is 0.186 e. The summed E-state index contributed by atoms with van der Waals surface area (Å²) in [5, 5.41) is 18.2. The molecule has 25 heavy (non-hydrogen) atoms. The second-order valence-corrected chi connectivity index (χ2v) is 7.71. The fourth-order valence-electron chi connectivity index (χ4n) is 2.94. The number of nitriles is 1. The molecule has 1 atom stereocenters. The van der Waals surface area contributed by atoms with Gasteiger partial charge in [0.1, 0.15) is 10.2 Å². The molecule has 6 nitrogen and oxygen atoms in total. The largest absolute Gasteiger partial charge is 0.347 e.